The van der Waals surface area contributed by atoms with Crippen LogP contribution in [0.1, 0.15) is 11.3 Å². The van der Waals surface area contributed by atoms with Crippen molar-refractivity contribution in [2.75, 3.05) is 7.11 Å². The molecule has 18 heavy (non-hydrogen) atoms. The number of hydrogen-bond donors (Lipinski definition) is 0. The van der Waals surface area contributed by atoms with E-state index in [-0.39, 0.29) is 0 Å². The predicted octanol–water partition coefficient (Wildman–Crippen LogP) is 4.15. The molecule has 0 unspecified atom stereocenters. The van der Waals surface area contributed by atoms with Gasteiger partial charge in [0.05, 0.1) is 12.0 Å². The summed E-state index contributed by atoms with van der Waals surface area (Å²) in [6, 6.07) is 6.38. The van der Waals surface area contributed by atoms with Crippen LogP contribution in [0.2, 0.25) is 0 Å². The van der Waals surface area contributed by atoms with Gasteiger partial charge in [0.2, 0.25) is 0 Å². The monoisotopic (exact) mass is 273 g/mol. The molecule has 1 heterocycles. The summed E-state index contributed by atoms with van der Waals surface area (Å²) in [5, 5.41) is 0. The third-order valence-electron chi connectivity index (χ3n) is 2.42. The second-order valence-electron chi connectivity index (χ2n) is 3.78. The van der Waals surface area contributed by atoms with Crippen LogP contribution < -0.4 is 4.74 Å². The SMILES string of the molecule is COc1cc(C)ccc1-c1cc(C(F)(F)F)ns1. The quantitative estimate of drug-likeness (QED) is 0.820. The van der Waals surface area contributed by atoms with Crippen molar-refractivity contribution < 1.29 is 17.9 Å². The maximum atomic E-state index is 12.5. The maximum absolute atomic E-state index is 12.5. The summed E-state index contributed by atoms with van der Waals surface area (Å²) in [6.45, 7) is 1.89. The largest absolute Gasteiger partial charge is 0.496 e. The topological polar surface area (TPSA) is 22.1 Å². The molecule has 0 amide bonds. The average molecular weight is 273 g/mol. The van der Waals surface area contributed by atoms with E-state index in [0.29, 0.717) is 16.2 Å². The standard InChI is InChI=1S/C12H10F3NOS/c1-7-3-4-8(9(5-7)17-2)10-6-11(16-18-10)12(13,14)15/h3-6H,1-2H3. The Morgan fingerprint density at radius 2 is 1.94 bits per heavy atom. The highest BCUT2D eigenvalue weighted by Gasteiger charge is 2.34. The molecule has 0 N–H and O–H groups in total. The number of hydrogen-bond acceptors (Lipinski definition) is 3. The smallest absolute Gasteiger partial charge is 0.434 e. The Kier molecular flexibility index (Phi) is 3.30. The Labute approximate surface area is 106 Å². The van der Waals surface area contributed by atoms with Gasteiger partial charge in [0, 0.05) is 5.56 Å². The minimum Gasteiger partial charge on any atom is -0.496 e. The number of aromatic nitrogens is 1. The minimum atomic E-state index is -4.41. The third-order valence-corrected chi connectivity index (χ3v) is 3.25. The average Bonchev–Trinajstić information content (AvgIpc) is 2.77. The molecular weight excluding hydrogens is 263 g/mol. The van der Waals surface area contributed by atoms with E-state index in [2.05, 4.69) is 4.37 Å². The van der Waals surface area contributed by atoms with Crippen LogP contribution in [0.25, 0.3) is 10.4 Å². The van der Waals surface area contributed by atoms with Gasteiger partial charge in [0.25, 0.3) is 0 Å². The number of halogens is 3. The number of rotatable bonds is 2. The molecule has 1 aromatic heterocycles. The molecule has 0 bridgehead atoms. The van der Waals surface area contributed by atoms with Gasteiger partial charge >= 0.3 is 6.18 Å². The first kappa shape index (κ1) is 12.9. The number of methoxy groups -OCH3 is 1. The lowest BCUT2D eigenvalue weighted by atomic mass is 10.1. The first-order chi connectivity index (χ1) is 8.41. The van der Waals surface area contributed by atoms with Gasteiger partial charge in [-0.2, -0.15) is 17.5 Å². The van der Waals surface area contributed by atoms with Crippen molar-refractivity contribution in [3.05, 3.63) is 35.5 Å². The maximum Gasteiger partial charge on any atom is 0.434 e. The summed E-state index contributed by atoms with van der Waals surface area (Å²) in [5.74, 6) is 0.548. The number of ether oxygens (including phenoxy) is 1. The summed E-state index contributed by atoms with van der Waals surface area (Å²) >= 11 is 0.815. The van der Waals surface area contributed by atoms with Crippen molar-refractivity contribution in [3.63, 3.8) is 0 Å². The molecule has 0 aliphatic rings. The molecule has 0 atom stereocenters. The fraction of sp³-hybridized carbons (Fsp3) is 0.250. The van der Waals surface area contributed by atoms with Crippen molar-refractivity contribution in [1.29, 1.82) is 0 Å². The van der Waals surface area contributed by atoms with Crippen LogP contribution in [0.5, 0.6) is 5.75 Å². The second kappa shape index (κ2) is 4.61. The summed E-state index contributed by atoms with van der Waals surface area (Å²) in [5.41, 5.74) is 0.734. The highest BCUT2D eigenvalue weighted by Crippen LogP contribution is 2.37. The third kappa shape index (κ3) is 2.48. The van der Waals surface area contributed by atoms with Crippen LogP contribution >= 0.6 is 11.5 Å². The summed E-state index contributed by atoms with van der Waals surface area (Å²) in [7, 11) is 1.49. The zero-order chi connectivity index (χ0) is 13.3. The molecule has 0 saturated heterocycles. The van der Waals surface area contributed by atoms with E-state index < -0.39 is 11.9 Å². The normalized spacial score (nSPS) is 11.6. The molecule has 6 heteroatoms. The van der Waals surface area contributed by atoms with E-state index >= 15 is 0 Å². The Morgan fingerprint density at radius 1 is 1.22 bits per heavy atom. The lowest BCUT2D eigenvalue weighted by Crippen LogP contribution is -2.04. The van der Waals surface area contributed by atoms with Gasteiger partial charge in [-0.05, 0) is 42.2 Å². The molecule has 0 spiro atoms. The van der Waals surface area contributed by atoms with E-state index in [4.69, 9.17) is 4.74 Å². The number of alkyl halides is 3. The lowest BCUT2D eigenvalue weighted by Gasteiger charge is -2.07. The van der Waals surface area contributed by atoms with E-state index in [1.807, 2.05) is 13.0 Å². The van der Waals surface area contributed by atoms with E-state index in [1.165, 1.54) is 7.11 Å². The number of aryl methyl sites for hydroxylation is 1. The van der Waals surface area contributed by atoms with Crippen molar-refractivity contribution >= 4 is 11.5 Å². The highest BCUT2D eigenvalue weighted by molar-refractivity contribution is 7.09. The first-order valence-electron chi connectivity index (χ1n) is 5.11. The van der Waals surface area contributed by atoms with Crippen LogP contribution in [0.3, 0.4) is 0 Å². The molecule has 0 radical (unpaired) electrons. The van der Waals surface area contributed by atoms with Crippen molar-refractivity contribution in [2.24, 2.45) is 0 Å². The molecule has 96 valence electrons. The Balaban J connectivity index is 2.46. The Morgan fingerprint density at radius 3 is 2.50 bits per heavy atom. The fourth-order valence-electron chi connectivity index (χ4n) is 1.54. The molecule has 2 aromatic rings. The summed E-state index contributed by atoms with van der Waals surface area (Å²) in [6.07, 6.45) is -4.41. The van der Waals surface area contributed by atoms with Crippen LogP contribution in [-0.2, 0) is 6.18 Å². The van der Waals surface area contributed by atoms with Crippen LogP contribution in [0, 0.1) is 6.92 Å². The van der Waals surface area contributed by atoms with Gasteiger partial charge in [-0.3, -0.25) is 0 Å². The fourth-order valence-corrected chi connectivity index (χ4v) is 2.32. The highest BCUT2D eigenvalue weighted by atomic mass is 32.1. The molecule has 0 saturated carbocycles. The van der Waals surface area contributed by atoms with Crippen LogP contribution in [-0.4, -0.2) is 11.5 Å². The van der Waals surface area contributed by atoms with Gasteiger partial charge in [0.1, 0.15) is 5.75 Å². The predicted molar refractivity (Wildman–Crippen MR) is 63.8 cm³/mol. The molecule has 2 rings (SSSR count). The number of benzene rings is 1. The zero-order valence-corrected chi connectivity index (χ0v) is 10.5. The molecular formula is C12H10F3NOS. The van der Waals surface area contributed by atoms with Gasteiger partial charge in [-0.25, -0.2) is 0 Å². The van der Waals surface area contributed by atoms with Crippen molar-refractivity contribution in [3.8, 4) is 16.2 Å². The van der Waals surface area contributed by atoms with Crippen molar-refractivity contribution in [2.45, 2.75) is 13.1 Å². The zero-order valence-electron chi connectivity index (χ0n) is 9.71. The second-order valence-corrected chi connectivity index (χ2v) is 4.58. The molecule has 0 fully saturated rings. The van der Waals surface area contributed by atoms with Gasteiger partial charge in [-0.1, -0.05) is 6.07 Å². The molecule has 0 aliphatic heterocycles. The Hall–Kier alpha value is -1.56. The van der Waals surface area contributed by atoms with E-state index in [9.17, 15) is 13.2 Å². The van der Waals surface area contributed by atoms with Gasteiger partial charge in [-0.15, -0.1) is 0 Å². The van der Waals surface area contributed by atoms with Crippen molar-refractivity contribution in [1.82, 2.24) is 4.37 Å². The summed E-state index contributed by atoms with van der Waals surface area (Å²) in [4.78, 5) is 0.444. The summed E-state index contributed by atoms with van der Waals surface area (Å²) < 4.78 is 46.0. The van der Waals surface area contributed by atoms with Gasteiger partial charge in [0.15, 0.2) is 5.69 Å². The molecule has 2 nitrogen and oxygen atoms in total. The van der Waals surface area contributed by atoms with E-state index in [1.54, 1.807) is 12.1 Å². The Bertz CT molecular complexity index is 563. The molecule has 0 aliphatic carbocycles. The minimum absolute atomic E-state index is 0.444. The number of nitrogens with zero attached hydrogens (tertiary/aromatic N) is 1. The first-order valence-corrected chi connectivity index (χ1v) is 5.88. The van der Waals surface area contributed by atoms with Crippen LogP contribution in [0.15, 0.2) is 24.3 Å². The van der Waals surface area contributed by atoms with Gasteiger partial charge < -0.3 is 4.74 Å². The van der Waals surface area contributed by atoms with E-state index in [0.717, 1.165) is 23.2 Å². The molecule has 1 aromatic carbocycles. The van der Waals surface area contributed by atoms with Crippen LogP contribution in [0.4, 0.5) is 13.2 Å². The lowest BCUT2D eigenvalue weighted by molar-refractivity contribution is -0.140.